The minimum absolute atomic E-state index is 0.114. The summed E-state index contributed by atoms with van der Waals surface area (Å²) in [6, 6.07) is 3.55. The van der Waals surface area contributed by atoms with Crippen LogP contribution in [0, 0.1) is 5.82 Å². The van der Waals surface area contributed by atoms with Gasteiger partial charge in [0.2, 0.25) is 10.0 Å². The number of carboxylic acids is 1. The molecule has 1 rings (SSSR count). The molecule has 0 radical (unpaired) electrons. The van der Waals surface area contributed by atoms with Gasteiger partial charge >= 0.3 is 5.97 Å². The summed E-state index contributed by atoms with van der Waals surface area (Å²) in [5.74, 6) is -2.69. The molecule has 0 fully saturated rings. The van der Waals surface area contributed by atoms with Gasteiger partial charge in [-0.2, -0.15) is 4.31 Å². The van der Waals surface area contributed by atoms with E-state index in [1.165, 1.54) is 18.2 Å². The fraction of sp³-hybridized carbons (Fsp3) is 0.250. The molecule has 5 nitrogen and oxygen atoms in total. The molecule has 0 saturated heterocycles. The van der Waals surface area contributed by atoms with Crippen LogP contribution in [-0.4, -0.2) is 36.9 Å². The summed E-state index contributed by atoms with van der Waals surface area (Å²) < 4.78 is 38.4. The van der Waals surface area contributed by atoms with Gasteiger partial charge in [0, 0.05) is 17.1 Å². The fourth-order valence-corrected chi connectivity index (χ4v) is 3.14. The van der Waals surface area contributed by atoms with Crippen LogP contribution in [0.15, 0.2) is 30.9 Å². The number of aliphatic carboxylic acids is 1. The van der Waals surface area contributed by atoms with Gasteiger partial charge in [-0.15, -0.1) is 6.58 Å². The number of carboxylic acid groups (broad SMARTS) is 1. The molecule has 0 atom stereocenters. The van der Waals surface area contributed by atoms with Gasteiger partial charge in [0.1, 0.15) is 12.4 Å². The first kappa shape index (κ1) is 16.6. The van der Waals surface area contributed by atoms with Gasteiger partial charge in [0.15, 0.2) is 0 Å². The summed E-state index contributed by atoms with van der Waals surface area (Å²) in [5, 5.41) is 8.90. The number of benzene rings is 1. The van der Waals surface area contributed by atoms with E-state index in [9.17, 15) is 17.6 Å². The van der Waals surface area contributed by atoms with Crippen molar-refractivity contribution < 1.29 is 22.7 Å². The van der Waals surface area contributed by atoms with Crippen LogP contribution in [0.4, 0.5) is 4.39 Å². The minimum Gasteiger partial charge on any atom is -0.480 e. The molecule has 1 N–H and O–H groups in total. The molecule has 0 saturated carbocycles. The highest BCUT2D eigenvalue weighted by Gasteiger charge is 2.25. The quantitative estimate of drug-likeness (QED) is 0.778. The largest absolute Gasteiger partial charge is 0.480 e. The van der Waals surface area contributed by atoms with Crippen molar-refractivity contribution in [3.05, 3.63) is 47.3 Å². The lowest BCUT2D eigenvalue weighted by Gasteiger charge is -2.18. The summed E-state index contributed by atoms with van der Waals surface area (Å²) in [4.78, 5) is 10.7. The summed E-state index contributed by atoms with van der Waals surface area (Å²) >= 11 is 5.69. The van der Waals surface area contributed by atoms with E-state index >= 15 is 0 Å². The number of hydrogen-bond acceptors (Lipinski definition) is 3. The highest BCUT2D eigenvalue weighted by molar-refractivity contribution is 7.88. The summed E-state index contributed by atoms with van der Waals surface area (Å²) in [6.45, 7) is 2.48. The van der Waals surface area contributed by atoms with E-state index < -0.39 is 34.1 Å². The molecule has 0 aromatic heterocycles. The van der Waals surface area contributed by atoms with Gasteiger partial charge in [0.25, 0.3) is 0 Å². The third-order valence-electron chi connectivity index (χ3n) is 2.38. The topological polar surface area (TPSA) is 74.7 Å². The number of nitrogens with zero attached hydrogens (tertiary/aromatic N) is 1. The zero-order valence-electron chi connectivity index (χ0n) is 10.4. The Balaban J connectivity index is 3.04. The molecule has 0 unspecified atom stereocenters. The van der Waals surface area contributed by atoms with Crippen LogP contribution in [-0.2, 0) is 20.6 Å². The molecule has 0 amide bonds. The lowest BCUT2D eigenvalue weighted by molar-refractivity contribution is -0.137. The maximum atomic E-state index is 13.5. The van der Waals surface area contributed by atoms with Crippen molar-refractivity contribution in [2.75, 3.05) is 13.1 Å². The molecule has 0 spiro atoms. The molecular formula is C12H13ClFNO4S. The van der Waals surface area contributed by atoms with Crippen LogP contribution in [0.1, 0.15) is 5.56 Å². The first-order chi connectivity index (χ1) is 9.26. The normalized spacial score (nSPS) is 11.6. The van der Waals surface area contributed by atoms with Crippen molar-refractivity contribution >= 4 is 27.6 Å². The average molecular weight is 322 g/mol. The summed E-state index contributed by atoms with van der Waals surface area (Å²) in [5.41, 5.74) is -0.114. The van der Waals surface area contributed by atoms with Gasteiger partial charge in [-0.25, -0.2) is 12.8 Å². The second-order valence-electron chi connectivity index (χ2n) is 3.97. The third-order valence-corrected chi connectivity index (χ3v) is 4.36. The standard InChI is InChI=1S/C12H13ClFNO4S/c1-2-5-15(7-12(16)17)20(18,19)8-9-6-10(13)3-4-11(9)14/h2-4,6H,1,5,7-8H2,(H,16,17). The maximum Gasteiger partial charge on any atom is 0.318 e. The number of halogens is 2. The first-order valence-corrected chi connectivity index (χ1v) is 7.49. The summed E-state index contributed by atoms with van der Waals surface area (Å²) in [6.07, 6.45) is 1.26. The van der Waals surface area contributed by atoms with Crippen molar-refractivity contribution in [3.8, 4) is 0 Å². The van der Waals surface area contributed by atoms with Gasteiger partial charge in [-0.3, -0.25) is 4.79 Å². The Morgan fingerprint density at radius 1 is 1.50 bits per heavy atom. The van der Waals surface area contributed by atoms with Crippen molar-refractivity contribution in [1.82, 2.24) is 4.31 Å². The molecule has 20 heavy (non-hydrogen) atoms. The second-order valence-corrected chi connectivity index (χ2v) is 6.37. The zero-order valence-corrected chi connectivity index (χ0v) is 12.0. The van der Waals surface area contributed by atoms with E-state index in [1.54, 1.807) is 0 Å². The average Bonchev–Trinajstić information content (AvgIpc) is 2.32. The molecule has 0 aliphatic carbocycles. The van der Waals surface area contributed by atoms with Crippen LogP contribution in [0.5, 0.6) is 0 Å². The van der Waals surface area contributed by atoms with Gasteiger partial charge in [0.05, 0.1) is 5.75 Å². The monoisotopic (exact) mass is 321 g/mol. The van der Waals surface area contributed by atoms with E-state index in [2.05, 4.69) is 6.58 Å². The summed E-state index contributed by atoms with van der Waals surface area (Å²) in [7, 11) is -3.99. The minimum atomic E-state index is -3.99. The Bertz CT molecular complexity index is 618. The lowest BCUT2D eigenvalue weighted by atomic mass is 10.2. The lowest BCUT2D eigenvalue weighted by Crippen LogP contribution is -2.36. The molecule has 8 heteroatoms. The molecule has 110 valence electrons. The van der Waals surface area contributed by atoms with Crippen molar-refractivity contribution in [2.45, 2.75) is 5.75 Å². The first-order valence-electron chi connectivity index (χ1n) is 5.50. The van der Waals surface area contributed by atoms with Gasteiger partial charge in [-0.1, -0.05) is 17.7 Å². The van der Waals surface area contributed by atoms with E-state index in [4.69, 9.17) is 16.7 Å². The Morgan fingerprint density at radius 2 is 2.15 bits per heavy atom. The van der Waals surface area contributed by atoms with E-state index in [1.807, 2.05) is 0 Å². The molecule has 0 aliphatic heterocycles. The zero-order chi connectivity index (χ0) is 15.3. The Kier molecular flexibility index (Phi) is 5.67. The second kappa shape index (κ2) is 6.83. The molecular weight excluding hydrogens is 309 g/mol. The van der Waals surface area contributed by atoms with Gasteiger partial charge < -0.3 is 5.11 Å². The van der Waals surface area contributed by atoms with Crippen LogP contribution in [0.25, 0.3) is 0 Å². The van der Waals surface area contributed by atoms with E-state index in [0.717, 1.165) is 6.07 Å². The van der Waals surface area contributed by atoms with E-state index in [0.29, 0.717) is 4.31 Å². The molecule has 0 bridgehead atoms. The fourth-order valence-electron chi connectivity index (χ4n) is 1.51. The van der Waals surface area contributed by atoms with Crippen LogP contribution in [0.2, 0.25) is 5.02 Å². The number of sulfonamides is 1. The van der Waals surface area contributed by atoms with Crippen LogP contribution < -0.4 is 0 Å². The molecule has 0 heterocycles. The van der Waals surface area contributed by atoms with Crippen LogP contribution in [0.3, 0.4) is 0 Å². The number of rotatable bonds is 7. The molecule has 1 aromatic carbocycles. The molecule has 1 aromatic rings. The van der Waals surface area contributed by atoms with Gasteiger partial charge in [-0.05, 0) is 18.2 Å². The van der Waals surface area contributed by atoms with E-state index in [-0.39, 0.29) is 17.1 Å². The maximum absolute atomic E-state index is 13.5. The van der Waals surface area contributed by atoms with Crippen molar-refractivity contribution in [1.29, 1.82) is 0 Å². The predicted octanol–water partition coefficient (Wildman–Crippen LogP) is 1.88. The Hall–Kier alpha value is -1.44. The smallest absolute Gasteiger partial charge is 0.318 e. The number of hydrogen-bond donors (Lipinski definition) is 1. The number of carbonyl (C=O) groups is 1. The molecule has 0 aliphatic rings. The third kappa shape index (κ3) is 4.59. The predicted molar refractivity (Wildman–Crippen MR) is 73.4 cm³/mol. The Morgan fingerprint density at radius 3 is 2.70 bits per heavy atom. The highest BCUT2D eigenvalue weighted by Crippen LogP contribution is 2.19. The highest BCUT2D eigenvalue weighted by atomic mass is 35.5. The van der Waals surface area contributed by atoms with Crippen LogP contribution >= 0.6 is 11.6 Å². The Labute approximate surface area is 121 Å². The van der Waals surface area contributed by atoms with Crippen molar-refractivity contribution in [2.24, 2.45) is 0 Å². The van der Waals surface area contributed by atoms with Crippen molar-refractivity contribution in [3.63, 3.8) is 0 Å². The SMILES string of the molecule is C=CCN(CC(=O)O)S(=O)(=O)Cc1cc(Cl)ccc1F.